The lowest BCUT2D eigenvalue weighted by Crippen LogP contribution is -2.34. The fourth-order valence-electron chi connectivity index (χ4n) is 3.59. The van der Waals surface area contributed by atoms with Crippen LogP contribution in [0.2, 0.25) is 0 Å². The molecule has 3 atom stereocenters. The van der Waals surface area contributed by atoms with Crippen LogP contribution in [0, 0.1) is 12.8 Å². The molecule has 0 aromatic heterocycles. The maximum Gasteiger partial charge on any atom is 0.126 e. The van der Waals surface area contributed by atoms with Gasteiger partial charge in [-0.1, -0.05) is 31.5 Å². The highest BCUT2D eigenvalue weighted by Crippen LogP contribution is 2.36. The van der Waals surface area contributed by atoms with E-state index >= 15 is 0 Å². The van der Waals surface area contributed by atoms with E-state index in [0.29, 0.717) is 12.1 Å². The van der Waals surface area contributed by atoms with Crippen LogP contribution in [0.15, 0.2) is 18.2 Å². The molecule has 1 saturated carbocycles. The monoisotopic (exact) mass is 259 g/mol. The standard InChI is InChI=1S/C17H25NO/c1-12-6-4-9-15(12)18-16-10-5-11-19-17-13(2)7-3-8-14(16)17/h3,7-8,12,15-16,18H,4-6,9-11H2,1-2H3. The summed E-state index contributed by atoms with van der Waals surface area (Å²) in [7, 11) is 0. The molecule has 2 nitrogen and oxygen atoms in total. The summed E-state index contributed by atoms with van der Waals surface area (Å²) in [6.07, 6.45) is 6.43. The van der Waals surface area contributed by atoms with Crippen LogP contribution in [0.4, 0.5) is 0 Å². The molecule has 0 radical (unpaired) electrons. The van der Waals surface area contributed by atoms with Crippen LogP contribution in [0.5, 0.6) is 5.75 Å². The zero-order valence-electron chi connectivity index (χ0n) is 12.1. The third kappa shape index (κ3) is 2.64. The molecule has 3 rings (SSSR count). The Morgan fingerprint density at radius 2 is 2.05 bits per heavy atom. The second-order valence-corrected chi connectivity index (χ2v) is 6.22. The van der Waals surface area contributed by atoms with E-state index in [0.717, 1.165) is 24.7 Å². The summed E-state index contributed by atoms with van der Waals surface area (Å²) in [5.74, 6) is 1.94. The highest BCUT2D eigenvalue weighted by molar-refractivity contribution is 5.43. The van der Waals surface area contributed by atoms with Gasteiger partial charge in [-0.15, -0.1) is 0 Å². The van der Waals surface area contributed by atoms with Gasteiger partial charge in [0.15, 0.2) is 0 Å². The van der Waals surface area contributed by atoms with Gasteiger partial charge in [-0.25, -0.2) is 0 Å². The lowest BCUT2D eigenvalue weighted by Gasteiger charge is -2.26. The molecule has 1 aromatic carbocycles. The van der Waals surface area contributed by atoms with Gasteiger partial charge in [0.1, 0.15) is 5.75 Å². The van der Waals surface area contributed by atoms with Crippen molar-refractivity contribution in [3.8, 4) is 5.75 Å². The second kappa shape index (κ2) is 5.54. The predicted molar refractivity (Wildman–Crippen MR) is 78.6 cm³/mol. The first-order valence-corrected chi connectivity index (χ1v) is 7.74. The molecule has 0 saturated heterocycles. The van der Waals surface area contributed by atoms with E-state index in [4.69, 9.17) is 4.74 Å². The third-order valence-electron chi connectivity index (χ3n) is 4.78. The van der Waals surface area contributed by atoms with Crippen molar-refractivity contribution in [1.82, 2.24) is 5.32 Å². The minimum atomic E-state index is 0.475. The zero-order valence-corrected chi connectivity index (χ0v) is 12.1. The Kier molecular flexibility index (Phi) is 3.79. The van der Waals surface area contributed by atoms with Crippen LogP contribution in [-0.4, -0.2) is 12.6 Å². The highest BCUT2D eigenvalue weighted by Gasteiger charge is 2.28. The Hall–Kier alpha value is -1.02. The average molecular weight is 259 g/mol. The number of hydrogen-bond donors (Lipinski definition) is 1. The summed E-state index contributed by atoms with van der Waals surface area (Å²) < 4.78 is 5.96. The number of rotatable bonds is 2. The maximum absolute atomic E-state index is 5.96. The molecule has 0 amide bonds. The van der Waals surface area contributed by atoms with Crippen molar-refractivity contribution < 1.29 is 4.74 Å². The van der Waals surface area contributed by atoms with Crippen molar-refractivity contribution in [2.75, 3.05) is 6.61 Å². The molecule has 19 heavy (non-hydrogen) atoms. The van der Waals surface area contributed by atoms with Gasteiger partial charge in [-0.2, -0.15) is 0 Å². The minimum absolute atomic E-state index is 0.475. The summed E-state index contributed by atoms with van der Waals surface area (Å²) >= 11 is 0. The maximum atomic E-state index is 5.96. The van der Waals surface area contributed by atoms with Crippen LogP contribution >= 0.6 is 0 Å². The summed E-state index contributed by atoms with van der Waals surface area (Å²) in [5.41, 5.74) is 2.64. The minimum Gasteiger partial charge on any atom is -0.493 e. The van der Waals surface area contributed by atoms with Gasteiger partial charge < -0.3 is 10.1 Å². The number of para-hydroxylation sites is 1. The van der Waals surface area contributed by atoms with E-state index in [1.165, 1.54) is 36.8 Å². The van der Waals surface area contributed by atoms with Crippen LogP contribution in [0.25, 0.3) is 0 Å². The number of fused-ring (bicyclic) bond motifs is 1. The molecule has 0 spiro atoms. The first-order valence-electron chi connectivity index (χ1n) is 7.74. The highest BCUT2D eigenvalue weighted by atomic mass is 16.5. The summed E-state index contributed by atoms with van der Waals surface area (Å²) in [5, 5.41) is 3.91. The molecular weight excluding hydrogens is 234 g/mol. The lowest BCUT2D eigenvalue weighted by molar-refractivity contribution is 0.310. The molecule has 1 N–H and O–H groups in total. The molecule has 1 heterocycles. The normalized spacial score (nSPS) is 30.5. The van der Waals surface area contributed by atoms with Gasteiger partial charge in [0.2, 0.25) is 0 Å². The van der Waals surface area contributed by atoms with Crippen LogP contribution < -0.4 is 10.1 Å². The van der Waals surface area contributed by atoms with Crippen molar-refractivity contribution in [2.24, 2.45) is 5.92 Å². The molecule has 1 aliphatic heterocycles. The Morgan fingerprint density at radius 1 is 1.16 bits per heavy atom. The fourth-order valence-corrected chi connectivity index (χ4v) is 3.59. The molecule has 0 bridgehead atoms. The fraction of sp³-hybridized carbons (Fsp3) is 0.647. The van der Waals surface area contributed by atoms with E-state index in [1.54, 1.807) is 0 Å². The average Bonchev–Trinajstić information content (AvgIpc) is 2.69. The molecule has 2 aliphatic rings. The van der Waals surface area contributed by atoms with Crippen LogP contribution in [0.1, 0.15) is 56.2 Å². The Balaban J connectivity index is 1.84. The second-order valence-electron chi connectivity index (χ2n) is 6.22. The summed E-state index contributed by atoms with van der Waals surface area (Å²) in [6.45, 7) is 5.39. The smallest absolute Gasteiger partial charge is 0.126 e. The molecule has 104 valence electrons. The first-order chi connectivity index (χ1) is 9.25. The predicted octanol–water partition coefficient (Wildman–Crippen LogP) is 3.99. The van der Waals surface area contributed by atoms with Crippen molar-refractivity contribution in [1.29, 1.82) is 0 Å². The van der Waals surface area contributed by atoms with E-state index in [-0.39, 0.29) is 0 Å². The Bertz CT molecular complexity index is 443. The van der Waals surface area contributed by atoms with Crippen LogP contribution in [0.3, 0.4) is 0 Å². The number of nitrogens with one attached hydrogen (secondary N) is 1. The number of hydrogen-bond acceptors (Lipinski definition) is 2. The quantitative estimate of drug-likeness (QED) is 0.867. The molecule has 2 heteroatoms. The number of aryl methyl sites for hydroxylation is 1. The van der Waals surface area contributed by atoms with Crippen molar-refractivity contribution in [3.63, 3.8) is 0 Å². The van der Waals surface area contributed by atoms with E-state index in [1.807, 2.05) is 0 Å². The third-order valence-corrected chi connectivity index (χ3v) is 4.78. The van der Waals surface area contributed by atoms with Crippen molar-refractivity contribution >= 4 is 0 Å². The van der Waals surface area contributed by atoms with Gasteiger partial charge in [-0.3, -0.25) is 0 Å². The molecular formula is C17H25NO. The number of benzene rings is 1. The van der Waals surface area contributed by atoms with Crippen molar-refractivity contribution in [2.45, 2.75) is 58.0 Å². The summed E-state index contributed by atoms with van der Waals surface area (Å²) in [6, 6.07) is 7.72. The van der Waals surface area contributed by atoms with Gasteiger partial charge in [0, 0.05) is 17.6 Å². The van der Waals surface area contributed by atoms with E-state index in [2.05, 4.69) is 37.4 Å². The first kappa shape index (κ1) is 13.0. The van der Waals surface area contributed by atoms with Crippen molar-refractivity contribution in [3.05, 3.63) is 29.3 Å². The van der Waals surface area contributed by atoms with Gasteiger partial charge in [-0.05, 0) is 44.1 Å². The molecule has 1 aromatic rings. The largest absolute Gasteiger partial charge is 0.493 e. The lowest BCUT2D eigenvalue weighted by atomic mass is 9.97. The SMILES string of the molecule is Cc1cccc2c1OCCCC2NC1CCCC1C. The van der Waals surface area contributed by atoms with Gasteiger partial charge in [0.25, 0.3) is 0 Å². The topological polar surface area (TPSA) is 21.3 Å². The number of ether oxygens (including phenoxy) is 1. The summed E-state index contributed by atoms with van der Waals surface area (Å²) in [4.78, 5) is 0. The Labute approximate surface area is 116 Å². The zero-order chi connectivity index (χ0) is 13.2. The molecule has 1 fully saturated rings. The van der Waals surface area contributed by atoms with Gasteiger partial charge >= 0.3 is 0 Å². The molecule has 3 unspecified atom stereocenters. The van der Waals surface area contributed by atoms with E-state index < -0.39 is 0 Å². The van der Waals surface area contributed by atoms with Gasteiger partial charge in [0.05, 0.1) is 6.61 Å². The van der Waals surface area contributed by atoms with E-state index in [9.17, 15) is 0 Å². The Morgan fingerprint density at radius 3 is 2.84 bits per heavy atom. The van der Waals surface area contributed by atoms with Crippen LogP contribution in [-0.2, 0) is 0 Å². The molecule has 1 aliphatic carbocycles.